The monoisotopic (exact) mass is 336 g/mol. The van der Waals surface area contributed by atoms with E-state index in [1.807, 2.05) is 13.8 Å². The van der Waals surface area contributed by atoms with Gasteiger partial charge in [-0.25, -0.2) is 4.39 Å². The van der Waals surface area contributed by atoms with Gasteiger partial charge in [0.1, 0.15) is 5.82 Å². The van der Waals surface area contributed by atoms with Gasteiger partial charge in [-0.05, 0) is 79.0 Å². The van der Waals surface area contributed by atoms with E-state index >= 15 is 0 Å². The first-order valence-electron chi connectivity index (χ1n) is 6.55. The van der Waals surface area contributed by atoms with Gasteiger partial charge < -0.3 is 5.32 Å². The molecular weight excluding hydrogens is 319 g/mol. The molecule has 1 unspecified atom stereocenters. The molecule has 0 bridgehead atoms. The molecule has 1 atom stereocenters. The normalized spacial score (nSPS) is 12.3. The maximum absolute atomic E-state index is 13.2. The predicted octanol–water partition coefficient (Wildman–Crippen LogP) is 5.08. The summed E-state index contributed by atoms with van der Waals surface area (Å²) in [5.74, 6) is -0.257. The van der Waals surface area contributed by atoms with Crippen molar-refractivity contribution in [2.45, 2.75) is 33.7 Å². The number of aryl methyl sites for hydroxylation is 3. The lowest BCUT2D eigenvalue weighted by Crippen LogP contribution is -2.11. The average molecular weight is 337 g/mol. The lowest BCUT2D eigenvalue weighted by molar-refractivity contribution is 0.621. The summed E-state index contributed by atoms with van der Waals surface area (Å²) >= 11 is 3.20. The Kier molecular flexibility index (Phi) is 4.43. The molecule has 1 N–H and O–H groups in total. The van der Waals surface area contributed by atoms with E-state index in [0.717, 1.165) is 17.1 Å². The maximum Gasteiger partial charge on any atom is 0.137 e. The number of anilines is 1. The molecule has 0 saturated heterocycles. The molecule has 0 aliphatic carbocycles. The quantitative estimate of drug-likeness (QED) is 0.845. The van der Waals surface area contributed by atoms with Crippen molar-refractivity contribution < 1.29 is 4.39 Å². The lowest BCUT2D eigenvalue weighted by Gasteiger charge is -2.20. The molecule has 1 aromatic heterocycles. The van der Waals surface area contributed by atoms with Gasteiger partial charge in [-0.2, -0.15) is 0 Å². The highest BCUT2D eigenvalue weighted by Crippen LogP contribution is 2.27. The number of aromatic nitrogens is 1. The minimum Gasteiger partial charge on any atom is -0.378 e. The van der Waals surface area contributed by atoms with E-state index in [1.54, 1.807) is 12.1 Å². The molecule has 0 radical (unpaired) electrons. The first-order valence-corrected chi connectivity index (χ1v) is 7.34. The molecular formula is C16H18BrFN2. The third kappa shape index (κ3) is 3.18. The first kappa shape index (κ1) is 15.0. The number of rotatable bonds is 3. The van der Waals surface area contributed by atoms with E-state index in [2.05, 4.69) is 46.1 Å². The second kappa shape index (κ2) is 5.92. The Morgan fingerprint density at radius 3 is 2.50 bits per heavy atom. The van der Waals surface area contributed by atoms with Crippen molar-refractivity contribution in [3.8, 4) is 0 Å². The fourth-order valence-electron chi connectivity index (χ4n) is 2.60. The zero-order valence-electron chi connectivity index (χ0n) is 12.1. The molecule has 20 heavy (non-hydrogen) atoms. The summed E-state index contributed by atoms with van der Waals surface area (Å²) in [5, 5.41) is 3.39. The topological polar surface area (TPSA) is 24.9 Å². The lowest BCUT2D eigenvalue weighted by atomic mass is 10.00. The number of pyridine rings is 1. The molecule has 106 valence electrons. The highest BCUT2D eigenvalue weighted by Gasteiger charge is 2.13. The van der Waals surface area contributed by atoms with E-state index in [0.29, 0.717) is 4.47 Å². The van der Waals surface area contributed by atoms with Crippen LogP contribution in [-0.4, -0.2) is 4.98 Å². The fraction of sp³-hybridized carbons (Fsp3) is 0.312. The van der Waals surface area contributed by atoms with E-state index in [1.165, 1.54) is 17.2 Å². The van der Waals surface area contributed by atoms with Crippen molar-refractivity contribution in [1.29, 1.82) is 0 Å². The predicted molar refractivity (Wildman–Crippen MR) is 84.6 cm³/mol. The van der Waals surface area contributed by atoms with Crippen LogP contribution in [0.1, 0.15) is 35.5 Å². The largest absolute Gasteiger partial charge is 0.378 e. The summed E-state index contributed by atoms with van der Waals surface area (Å²) in [6, 6.07) is 7.13. The summed E-state index contributed by atoms with van der Waals surface area (Å²) in [5.41, 5.74) is 5.35. The van der Waals surface area contributed by atoms with Gasteiger partial charge in [-0.15, -0.1) is 0 Å². The van der Waals surface area contributed by atoms with Crippen LogP contribution in [0.5, 0.6) is 0 Å². The van der Waals surface area contributed by atoms with Crippen molar-refractivity contribution in [2.24, 2.45) is 0 Å². The Morgan fingerprint density at radius 1 is 1.20 bits per heavy atom. The van der Waals surface area contributed by atoms with E-state index in [9.17, 15) is 4.39 Å². The van der Waals surface area contributed by atoms with Gasteiger partial charge in [-0.3, -0.25) is 4.98 Å². The van der Waals surface area contributed by atoms with Crippen LogP contribution in [0.2, 0.25) is 0 Å². The molecule has 2 aromatic rings. The van der Waals surface area contributed by atoms with E-state index in [4.69, 9.17) is 0 Å². The molecule has 4 heteroatoms. The molecule has 2 rings (SSSR count). The van der Waals surface area contributed by atoms with Crippen molar-refractivity contribution in [2.75, 3.05) is 5.32 Å². The SMILES string of the molecule is Cc1cc(C)c(C(C)Nc2ccc(F)c(Br)c2)c(C)n1. The van der Waals surface area contributed by atoms with Crippen LogP contribution >= 0.6 is 15.9 Å². The Bertz CT molecular complexity index is 617. The van der Waals surface area contributed by atoms with Crippen LogP contribution < -0.4 is 5.32 Å². The van der Waals surface area contributed by atoms with Gasteiger partial charge in [0.15, 0.2) is 0 Å². The van der Waals surface area contributed by atoms with E-state index < -0.39 is 0 Å². The maximum atomic E-state index is 13.2. The number of benzene rings is 1. The Hall–Kier alpha value is -1.42. The Labute approximate surface area is 127 Å². The van der Waals surface area contributed by atoms with Gasteiger partial charge in [0, 0.05) is 17.1 Å². The Balaban J connectivity index is 2.28. The van der Waals surface area contributed by atoms with Crippen molar-refractivity contribution in [3.05, 3.63) is 57.1 Å². The summed E-state index contributed by atoms with van der Waals surface area (Å²) in [7, 11) is 0. The smallest absolute Gasteiger partial charge is 0.137 e. The van der Waals surface area contributed by atoms with Gasteiger partial charge in [-0.1, -0.05) is 0 Å². The minimum absolute atomic E-state index is 0.112. The number of hydrogen-bond acceptors (Lipinski definition) is 2. The molecule has 0 aliphatic heterocycles. The molecule has 0 saturated carbocycles. The number of nitrogens with one attached hydrogen (secondary N) is 1. The molecule has 1 heterocycles. The van der Waals surface area contributed by atoms with Gasteiger partial charge in [0.2, 0.25) is 0 Å². The van der Waals surface area contributed by atoms with Crippen molar-refractivity contribution in [1.82, 2.24) is 4.98 Å². The van der Waals surface area contributed by atoms with Gasteiger partial charge in [0.05, 0.1) is 10.5 Å². The van der Waals surface area contributed by atoms with Crippen LogP contribution in [0, 0.1) is 26.6 Å². The zero-order valence-corrected chi connectivity index (χ0v) is 13.7. The fourth-order valence-corrected chi connectivity index (χ4v) is 2.98. The van der Waals surface area contributed by atoms with Crippen molar-refractivity contribution in [3.63, 3.8) is 0 Å². The third-order valence-corrected chi connectivity index (χ3v) is 3.93. The first-order chi connectivity index (χ1) is 9.38. The second-order valence-electron chi connectivity index (χ2n) is 5.07. The zero-order chi connectivity index (χ0) is 14.9. The molecule has 1 aromatic carbocycles. The molecule has 2 nitrogen and oxygen atoms in total. The second-order valence-corrected chi connectivity index (χ2v) is 5.93. The van der Waals surface area contributed by atoms with Crippen LogP contribution in [0.25, 0.3) is 0 Å². The minimum atomic E-state index is -0.257. The summed E-state index contributed by atoms with van der Waals surface area (Å²) in [4.78, 5) is 4.52. The number of nitrogens with zero attached hydrogens (tertiary/aromatic N) is 1. The molecule has 0 aliphatic rings. The van der Waals surface area contributed by atoms with Crippen LogP contribution in [-0.2, 0) is 0 Å². The van der Waals surface area contributed by atoms with Crippen LogP contribution in [0.15, 0.2) is 28.7 Å². The highest BCUT2D eigenvalue weighted by molar-refractivity contribution is 9.10. The van der Waals surface area contributed by atoms with E-state index in [-0.39, 0.29) is 11.9 Å². The summed E-state index contributed by atoms with van der Waals surface area (Å²) in [6.07, 6.45) is 0. The Morgan fingerprint density at radius 2 is 1.90 bits per heavy atom. The average Bonchev–Trinajstić information content (AvgIpc) is 2.32. The van der Waals surface area contributed by atoms with Crippen LogP contribution in [0.3, 0.4) is 0 Å². The summed E-state index contributed by atoms with van der Waals surface area (Å²) in [6.45, 7) is 8.20. The number of halogens is 2. The molecule has 0 amide bonds. The van der Waals surface area contributed by atoms with Crippen molar-refractivity contribution >= 4 is 21.6 Å². The van der Waals surface area contributed by atoms with Crippen LogP contribution in [0.4, 0.5) is 10.1 Å². The molecule has 0 fully saturated rings. The molecule has 0 spiro atoms. The standard InChI is InChI=1S/C16H18BrFN2/c1-9-7-10(2)19-11(3)16(9)12(4)20-13-5-6-15(18)14(17)8-13/h5-8,12,20H,1-4H3. The highest BCUT2D eigenvalue weighted by atomic mass is 79.9. The summed E-state index contributed by atoms with van der Waals surface area (Å²) < 4.78 is 13.7. The third-order valence-electron chi connectivity index (χ3n) is 3.32. The van der Waals surface area contributed by atoms with Gasteiger partial charge in [0.25, 0.3) is 0 Å². The van der Waals surface area contributed by atoms with Gasteiger partial charge >= 0.3 is 0 Å². The number of hydrogen-bond donors (Lipinski definition) is 1.